The number of carbonyl (C=O) groups excluding carboxylic acids is 1. The lowest BCUT2D eigenvalue weighted by molar-refractivity contribution is 0.242. The van der Waals surface area contributed by atoms with Gasteiger partial charge >= 0.3 is 6.03 Å². The Balaban J connectivity index is 1.71. The molecule has 0 spiro atoms. The van der Waals surface area contributed by atoms with Crippen LogP contribution in [0.1, 0.15) is 25.0 Å². The molecule has 0 fully saturated rings. The molecule has 1 aromatic heterocycles. The molecule has 0 bridgehead atoms. The van der Waals surface area contributed by atoms with Crippen LogP contribution in [0.4, 0.5) is 10.5 Å². The molecule has 1 heterocycles. The van der Waals surface area contributed by atoms with Crippen LogP contribution in [-0.4, -0.2) is 22.4 Å². The Morgan fingerprint density at radius 2 is 2.04 bits per heavy atom. The molecule has 3 rings (SSSR count). The zero-order chi connectivity index (χ0) is 19.3. The number of anilines is 1. The second-order valence-electron chi connectivity index (χ2n) is 6.82. The number of fused-ring (bicyclic) bond motifs is 1. The summed E-state index contributed by atoms with van der Waals surface area (Å²) in [7, 11) is 0. The molecule has 0 aliphatic heterocycles. The van der Waals surface area contributed by atoms with E-state index >= 15 is 0 Å². The molecule has 3 aromatic rings. The number of hydrogen-bond acceptors (Lipinski definition) is 4. The third kappa shape index (κ3) is 4.61. The second-order valence-corrected chi connectivity index (χ2v) is 6.82. The van der Waals surface area contributed by atoms with E-state index in [1.54, 1.807) is 6.20 Å². The first-order chi connectivity index (χ1) is 13.0. The van der Waals surface area contributed by atoms with Crippen LogP contribution in [0.15, 0.2) is 65.9 Å². The maximum Gasteiger partial charge on any atom is 0.319 e. The summed E-state index contributed by atoms with van der Waals surface area (Å²) in [6.45, 7) is 3.88. The molecule has 6 heteroatoms. The van der Waals surface area contributed by atoms with Crippen LogP contribution >= 0.6 is 0 Å². The summed E-state index contributed by atoms with van der Waals surface area (Å²) in [5.41, 5.74) is 2.89. The van der Waals surface area contributed by atoms with Crippen molar-refractivity contribution in [2.45, 2.75) is 25.8 Å². The zero-order valence-electron chi connectivity index (χ0n) is 15.3. The monoisotopic (exact) mass is 362 g/mol. The fraction of sp³-hybridized carbons (Fsp3) is 0.190. The summed E-state index contributed by atoms with van der Waals surface area (Å²) in [6.07, 6.45) is 3.68. The molecule has 138 valence electrons. The van der Waals surface area contributed by atoms with E-state index in [-0.39, 0.29) is 6.03 Å². The number of pyridine rings is 1. The maximum absolute atomic E-state index is 12.5. The normalized spacial score (nSPS) is 11.6. The van der Waals surface area contributed by atoms with Crippen molar-refractivity contribution in [1.82, 2.24) is 10.3 Å². The average molecular weight is 362 g/mol. The number of urea groups is 1. The van der Waals surface area contributed by atoms with Crippen molar-refractivity contribution in [3.8, 4) is 0 Å². The van der Waals surface area contributed by atoms with Gasteiger partial charge < -0.3 is 15.8 Å². The Morgan fingerprint density at radius 3 is 2.85 bits per heavy atom. The van der Waals surface area contributed by atoms with E-state index in [1.165, 1.54) is 6.21 Å². The zero-order valence-corrected chi connectivity index (χ0v) is 15.3. The van der Waals surface area contributed by atoms with Crippen molar-refractivity contribution in [3.63, 3.8) is 0 Å². The number of hydrogen-bond donors (Lipinski definition) is 3. The van der Waals surface area contributed by atoms with Crippen molar-refractivity contribution >= 4 is 28.8 Å². The lowest BCUT2D eigenvalue weighted by atomic mass is 9.92. The highest BCUT2D eigenvalue weighted by Gasteiger charge is 2.23. The van der Waals surface area contributed by atoms with Crippen LogP contribution in [0.3, 0.4) is 0 Å². The lowest BCUT2D eigenvalue weighted by Gasteiger charge is -2.27. The first kappa shape index (κ1) is 18.4. The minimum atomic E-state index is -0.578. The van der Waals surface area contributed by atoms with Crippen LogP contribution < -0.4 is 10.6 Å². The highest BCUT2D eigenvalue weighted by Crippen LogP contribution is 2.22. The molecule has 27 heavy (non-hydrogen) atoms. The number of nitrogens with one attached hydrogen (secondary N) is 2. The number of oxime groups is 1. The summed E-state index contributed by atoms with van der Waals surface area (Å²) in [4.78, 5) is 16.8. The highest BCUT2D eigenvalue weighted by atomic mass is 16.4. The smallest absolute Gasteiger partial charge is 0.319 e. The summed E-state index contributed by atoms with van der Waals surface area (Å²) in [5.74, 6) is 0. The number of rotatable bonds is 5. The number of carbonyl (C=O) groups is 1. The van der Waals surface area contributed by atoms with E-state index in [9.17, 15) is 4.79 Å². The van der Waals surface area contributed by atoms with Crippen LogP contribution in [0.5, 0.6) is 0 Å². The average Bonchev–Trinajstić information content (AvgIpc) is 2.66. The lowest BCUT2D eigenvalue weighted by Crippen LogP contribution is -2.43. The Kier molecular flexibility index (Phi) is 5.35. The highest BCUT2D eigenvalue weighted by molar-refractivity contribution is 5.92. The van der Waals surface area contributed by atoms with Gasteiger partial charge in [-0.1, -0.05) is 36.4 Å². The van der Waals surface area contributed by atoms with E-state index in [2.05, 4.69) is 20.8 Å². The Labute approximate surface area is 157 Å². The SMILES string of the molecule is CC(C)(NC(=O)Nc1ccc2cccnc2c1)c1cccc(C/C=N/O)c1. The number of benzene rings is 2. The molecule has 2 amide bonds. The van der Waals surface area contributed by atoms with Gasteiger partial charge in [0.1, 0.15) is 0 Å². The molecular weight excluding hydrogens is 340 g/mol. The molecule has 0 aliphatic rings. The largest absolute Gasteiger partial charge is 0.411 e. The van der Waals surface area contributed by atoms with Crippen LogP contribution in [0, 0.1) is 0 Å². The van der Waals surface area contributed by atoms with Gasteiger partial charge in [0.25, 0.3) is 0 Å². The standard InChI is InChI=1S/C21H22N4O2/c1-21(2,17-7-3-5-15(13-17)10-12-23-27)25-20(26)24-18-9-8-16-6-4-11-22-19(16)14-18/h3-9,11-14,27H,10H2,1-2H3,(H2,24,25,26)/b23-12+. The van der Waals surface area contributed by atoms with E-state index in [0.29, 0.717) is 12.1 Å². The summed E-state index contributed by atoms with van der Waals surface area (Å²) in [6, 6.07) is 17.0. The molecule has 0 atom stereocenters. The van der Waals surface area contributed by atoms with Crippen LogP contribution in [0.2, 0.25) is 0 Å². The van der Waals surface area contributed by atoms with Gasteiger partial charge in [0.2, 0.25) is 0 Å². The number of amides is 2. The summed E-state index contributed by atoms with van der Waals surface area (Å²) >= 11 is 0. The topological polar surface area (TPSA) is 86.6 Å². The molecule has 0 radical (unpaired) electrons. The van der Waals surface area contributed by atoms with Gasteiger partial charge in [-0.15, -0.1) is 5.16 Å². The molecule has 0 saturated carbocycles. The molecule has 0 saturated heterocycles. The Morgan fingerprint density at radius 1 is 1.19 bits per heavy atom. The predicted octanol–water partition coefficient (Wildman–Crippen LogP) is 4.29. The number of aromatic nitrogens is 1. The fourth-order valence-corrected chi connectivity index (χ4v) is 2.90. The van der Waals surface area contributed by atoms with E-state index in [1.807, 2.05) is 68.4 Å². The third-order valence-electron chi connectivity index (χ3n) is 4.35. The number of nitrogens with zero attached hydrogens (tertiary/aromatic N) is 2. The van der Waals surface area contributed by atoms with Crippen LogP contribution in [0.25, 0.3) is 10.9 Å². The molecule has 2 aromatic carbocycles. The molecular formula is C21H22N4O2. The van der Waals surface area contributed by atoms with Crippen LogP contribution in [-0.2, 0) is 12.0 Å². The van der Waals surface area contributed by atoms with Gasteiger partial charge in [-0.2, -0.15) is 0 Å². The molecule has 6 nitrogen and oxygen atoms in total. The Hall–Kier alpha value is -3.41. The first-order valence-corrected chi connectivity index (χ1v) is 8.67. The summed E-state index contributed by atoms with van der Waals surface area (Å²) in [5, 5.41) is 18.5. The van der Waals surface area contributed by atoms with Crippen molar-refractivity contribution in [3.05, 3.63) is 71.9 Å². The van der Waals surface area contributed by atoms with Gasteiger partial charge in [-0.3, -0.25) is 4.98 Å². The molecule has 0 unspecified atom stereocenters. The van der Waals surface area contributed by atoms with Gasteiger partial charge in [0.15, 0.2) is 0 Å². The minimum absolute atomic E-state index is 0.294. The molecule has 3 N–H and O–H groups in total. The summed E-state index contributed by atoms with van der Waals surface area (Å²) < 4.78 is 0. The van der Waals surface area contributed by atoms with E-state index < -0.39 is 5.54 Å². The van der Waals surface area contributed by atoms with Gasteiger partial charge in [0, 0.05) is 29.9 Å². The van der Waals surface area contributed by atoms with Gasteiger partial charge in [0.05, 0.1) is 11.1 Å². The van der Waals surface area contributed by atoms with Crippen molar-refractivity contribution in [1.29, 1.82) is 0 Å². The predicted molar refractivity (Wildman–Crippen MR) is 107 cm³/mol. The quantitative estimate of drug-likeness (QED) is 0.359. The van der Waals surface area contributed by atoms with Gasteiger partial charge in [-0.25, -0.2) is 4.79 Å². The second kappa shape index (κ2) is 7.86. The van der Waals surface area contributed by atoms with E-state index in [4.69, 9.17) is 5.21 Å². The van der Waals surface area contributed by atoms with Crippen molar-refractivity contribution in [2.75, 3.05) is 5.32 Å². The fourth-order valence-electron chi connectivity index (χ4n) is 2.90. The van der Waals surface area contributed by atoms with Gasteiger partial charge in [-0.05, 0) is 43.2 Å². The first-order valence-electron chi connectivity index (χ1n) is 8.67. The third-order valence-corrected chi connectivity index (χ3v) is 4.35. The van der Waals surface area contributed by atoms with E-state index in [0.717, 1.165) is 22.0 Å². The maximum atomic E-state index is 12.5. The minimum Gasteiger partial charge on any atom is -0.411 e. The molecule has 0 aliphatic carbocycles. The Bertz CT molecular complexity index is 983. The van der Waals surface area contributed by atoms with Crippen molar-refractivity contribution in [2.24, 2.45) is 5.16 Å². The van der Waals surface area contributed by atoms with Crippen molar-refractivity contribution < 1.29 is 10.0 Å².